The van der Waals surface area contributed by atoms with Crippen LogP contribution in [-0.2, 0) is 0 Å². The van der Waals surface area contributed by atoms with E-state index in [0.717, 1.165) is 4.47 Å². The zero-order chi connectivity index (χ0) is 8.43. The van der Waals surface area contributed by atoms with Crippen molar-refractivity contribution in [1.29, 1.82) is 0 Å². The summed E-state index contributed by atoms with van der Waals surface area (Å²) < 4.78 is 0.771. The van der Waals surface area contributed by atoms with Crippen LogP contribution in [0, 0.1) is 0 Å². The number of carbonyl (C=O) groups is 1. The summed E-state index contributed by atoms with van der Waals surface area (Å²) in [6.45, 7) is 1.43. The van der Waals surface area contributed by atoms with E-state index in [1.54, 1.807) is 12.3 Å². The molecule has 11 heavy (non-hydrogen) atoms. The summed E-state index contributed by atoms with van der Waals surface area (Å²) in [6.07, 6.45) is 1.54. The lowest BCUT2D eigenvalue weighted by molar-refractivity contribution is 0.101. The van der Waals surface area contributed by atoms with Crippen LogP contribution < -0.4 is 0 Å². The van der Waals surface area contributed by atoms with Gasteiger partial charge in [0.1, 0.15) is 5.69 Å². The van der Waals surface area contributed by atoms with Gasteiger partial charge in [0, 0.05) is 17.6 Å². The van der Waals surface area contributed by atoms with Crippen LogP contribution in [-0.4, -0.2) is 10.8 Å². The third-order valence-corrected chi connectivity index (χ3v) is 1.86. The molecule has 0 saturated heterocycles. The van der Waals surface area contributed by atoms with Gasteiger partial charge >= 0.3 is 0 Å². The predicted molar refractivity (Wildman–Crippen MR) is 47.0 cm³/mol. The maximum atomic E-state index is 10.8. The van der Waals surface area contributed by atoms with Crippen LogP contribution >= 0.6 is 27.5 Å². The first-order chi connectivity index (χ1) is 5.11. The Balaban J connectivity index is 3.20. The van der Waals surface area contributed by atoms with Crippen molar-refractivity contribution in [3.63, 3.8) is 0 Å². The number of hydrogen-bond donors (Lipinski definition) is 0. The lowest BCUT2D eigenvalue weighted by Gasteiger charge is -1.97. The van der Waals surface area contributed by atoms with Crippen molar-refractivity contribution >= 4 is 33.3 Å². The van der Waals surface area contributed by atoms with Crippen molar-refractivity contribution in [3.8, 4) is 0 Å². The van der Waals surface area contributed by atoms with E-state index in [1.807, 2.05) is 0 Å². The Hall–Kier alpha value is -0.410. The number of carbonyl (C=O) groups excluding carboxylic acids is 1. The molecule has 0 amide bonds. The van der Waals surface area contributed by atoms with Crippen LogP contribution in [0.25, 0.3) is 0 Å². The minimum absolute atomic E-state index is 0.123. The van der Waals surface area contributed by atoms with E-state index in [0.29, 0.717) is 10.7 Å². The van der Waals surface area contributed by atoms with Crippen molar-refractivity contribution in [3.05, 3.63) is 27.5 Å². The van der Waals surface area contributed by atoms with Crippen LogP contribution in [0.1, 0.15) is 17.4 Å². The summed E-state index contributed by atoms with van der Waals surface area (Å²) in [6, 6.07) is 1.64. The van der Waals surface area contributed by atoms with Gasteiger partial charge in [-0.2, -0.15) is 0 Å². The Labute approximate surface area is 77.7 Å². The van der Waals surface area contributed by atoms with Crippen molar-refractivity contribution in [2.24, 2.45) is 0 Å². The maximum absolute atomic E-state index is 10.8. The molecule has 0 aromatic carbocycles. The average molecular weight is 234 g/mol. The molecule has 0 bridgehead atoms. The molecule has 0 aliphatic rings. The van der Waals surface area contributed by atoms with Crippen molar-refractivity contribution in [1.82, 2.24) is 4.98 Å². The molecule has 0 N–H and O–H groups in total. The second-order valence-electron chi connectivity index (χ2n) is 2.04. The molecule has 1 aromatic rings. The van der Waals surface area contributed by atoms with Gasteiger partial charge in [-0.15, -0.1) is 0 Å². The summed E-state index contributed by atoms with van der Waals surface area (Å²) in [5.74, 6) is -0.123. The fourth-order valence-electron chi connectivity index (χ4n) is 0.674. The van der Waals surface area contributed by atoms with Crippen LogP contribution in [0.4, 0.5) is 0 Å². The first kappa shape index (κ1) is 8.68. The first-order valence-electron chi connectivity index (χ1n) is 2.93. The van der Waals surface area contributed by atoms with Gasteiger partial charge in [0.15, 0.2) is 5.78 Å². The molecule has 0 unspecified atom stereocenters. The van der Waals surface area contributed by atoms with E-state index < -0.39 is 0 Å². The highest BCUT2D eigenvalue weighted by atomic mass is 79.9. The molecule has 0 aliphatic carbocycles. The molecule has 0 saturated carbocycles. The largest absolute Gasteiger partial charge is 0.293 e. The number of aromatic nitrogens is 1. The zero-order valence-electron chi connectivity index (χ0n) is 5.77. The lowest BCUT2D eigenvalue weighted by atomic mass is 10.3. The van der Waals surface area contributed by atoms with E-state index in [1.165, 1.54) is 6.92 Å². The van der Waals surface area contributed by atoms with E-state index >= 15 is 0 Å². The molecule has 0 atom stereocenters. The number of rotatable bonds is 1. The van der Waals surface area contributed by atoms with Gasteiger partial charge in [0.05, 0.1) is 5.02 Å². The average Bonchev–Trinajstić information content (AvgIpc) is 1.85. The molecule has 0 aliphatic heterocycles. The highest BCUT2D eigenvalue weighted by molar-refractivity contribution is 9.10. The zero-order valence-corrected chi connectivity index (χ0v) is 8.11. The Morgan fingerprint density at radius 1 is 1.73 bits per heavy atom. The topological polar surface area (TPSA) is 30.0 Å². The number of hydrogen-bond acceptors (Lipinski definition) is 2. The molecular weight excluding hydrogens is 229 g/mol. The van der Waals surface area contributed by atoms with Gasteiger partial charge in [-0.1, -0.05) is 11.6 Å². The summed E-state index contributed by atoms with van der Waals surface area (Å²) >= 11 is 8.90. The Morgan fingerprint density at radius 3 is 2.82 bits per heavy atom. The monoisotopic (exact) mass is 233 g/mol. The van der Waals surface area contributed by atoms with E-state index in [9.17, 15) is 4.79 Å². The molecule has 58 valence electrons. The van der Waals surface area contributed by atoms with Gasteiger partial charge in [-0.3, -0.25) is 9.78 Å². The van der Waals surface area contributed by atoms with Crippen molar-refractivity contribution < 1.29 is 4.79 Å². The van der Waals surface area contributed by atoms with E-state index in [4.69, 9.17) is 11.6 Å². The number of ketones is 1. The fourth-order valence-corrected chi connectivity index (χ4v) is 1.44. The smallest absolute Gasteiger partial charge is 0.179 e. The Morgan fingerprint density at radius 2 is 2.36 bits per heavy atom. The van der Waals surface area contributed by atoms with Gasteiger partial charge in [-0.25, -0.2) is 0 Å². The van der Waals surface area contributed by atoms with Crippen LogP contribution in [0.3, 0.4) is 0 Å². The van der Waals surface area contributed by atoms with E-state index in [2.05, 4.69) is 20.9 Å². The summed E-state index contributed by atoms with van der Waals surface area (Å²) in [4.78, 5) is 14.7. The standard InChI is InChI=1S/C7H5BrClNO/c1-4(11)7-6(9)2-5(8)3-10-7/h2-3H,1H3. The molecule has 0 radical (unpaired) electrons. The van der Waals surface area contributed by atoms with Crippen LogP contribution in [0.5, 0.6) is 0 Å². The third kappa shape index (κ3) is 2.01. The van der Waals surface area contributed by atoms with Gasteiger partial charge in [-0.05, 0) is 22.0 Å². The molecule has 1 aromatic heterocycles. The van der Waals surface area contributed by atoms with Crippen molar-refractivity contribution in [2.75, 3.05) is 0 Å². The van der Waals surface area contributed by atoms with Gasteiger partial charge in [0.25, 0.3) is 0 Å². The minimum atomic E-state index is -0.123. The van der Waals surface area contributed by atoms with Crippen LogP contribution in [0.15, 0.2) is 16.7 Å². The van der Waals surface area contributed by atoms with E-state index in [-0.39, 0.29) is 5.78 Å². The summed E-state index contributed by atoms with van der Waals surface area (Å²) in [7, 11) is 0. The Kier molecular flexibility index (Phi) is 2.62. The second kappa shape index (κ2) is 3.32. The number of halogens is 2. The molecule has 4 heteroatoms. The molecule has 2 nitrogen and oxygen atoms in total. The molecule has 0 fully saturated rings. The summed E-state index contributed by atoms with van der Waals surface area (Å²) in [5, 5.41) is 0.381. The minimum Gasteiger partial charge on any atom is -0.293 e. The van der Waals surface area contributed by atoms with Gasteiger partial charge < -0.3 is 0 Å². The highest BCUT2D eigenvalue weighted by Crippen LogP contribution is 2.18. The van der Waals surface area contributed by atoms with Crippen LogP contribution in [0.2, 0.25) is 5.02 Å². The number of Topliss-reactive ketones (excluding diaryl/α,β-unsaturated/α-hetero) is 1. The third-order valence-electron chi connectivity index (χ3n) is 1.14. The van der Waals surface area contributed by atoms with Crippen molar-refractivity contribution in [2.45, 2.75) is 6.92 Å². The normalized spacial score (nSPS) is 9.73. The molecule has 1 rings (SSSR count). The second-order valence-corrected chi connectivity index (χ2v) is 3.36. The Bertz CT molecular complexity index is 300. The summed E-state index contributed by atoms with van der Waals surface area (Å²) in [5.41, 5.74) is 0.315. The predicted octanol–water partition coefficient (Wildman–Crippen LogP) is 2.70. The quantitative estimate of drug-likeness (QED) is 0.699. The number of pyridine rings is 1. The molecule has 1 heterocycles. The highest BCUT2D eigenvalue weighted by Gasteiger charge is 2.06. The SMILES string of the molecule is CC(=O)c1ncc(Br)cc1Cl. The first-order valence-corrected chi connectivity index (χ1v) is 4.10. The lowest BCUT2D eigenvalue weighted by Crippen LogP contribution is -1.96. The molecular formula is C7H5BrClNO. The number of nitrogens with zero attached hydrogens (tertiary/aromatic N) is 1. The fraction of sp³-hybridized carbons (Fsp3) is 0.143. The van der Waals surface area contributed by atoms with Gasteiger partial charge in [0.2, 0.25) is 0 Å². The maximum Gasteiger partial charge on any atom is 0.179 e. The molecule has 0 spiro atoms.